The van der Waals surface area contributed by atoms with E-state index in [0.29, 0.717) is 5.69 Å². The van der Waals surface area contributed by atoms with Crippen molar-refractivity contribution in [2.45, 2.75) is 6.42 Å². The predicted octanol–water partition coefficient (Wildman–Crippen LogP) is 2.79. The third kappa shape index (κ3) is 3.65. The summed E-state index contributed by atoms with van der Waals surface area (Å²) in [6, 6.07) is 7.57. The van der Waals surface area contributed by atoms with Crippen molar-refractivity contribution in [2.24, 2.45) is 0 Å². The van der Waals surface area contributed by atoms with Crippen LogP contribution in [0.4, 0.5) is 5.69 Å². The zero-order valence-corrected chi connectivity index (χ0v) is 11.8. The van der Waals surface area contributed by atoms with Gasteiger partial charge in [-0.1, -0.05) is 6.58 Å². The van der Waals surface area contributed by atoms with Gasteiger partial charge in [-0.05, 0) is 35.0 Å². The number of rotatable bonds is 5. The van der Waals surface area contributed by atoms with E-state index in [1.54, 1.807) is 17.4 Å². The van der Waals surface area contributed by atoms with Gasteiger partial charge < -0.3 is 5.32 Å². The van der Waals surface area contributed by atoms with Crippen molar-refractivity contribution >= 4 is 42.9 Å². The van der Waals surface area contributed by atoms with Crippen molar-refractivity contribution in [3.05, 3.63) is 41.6 Å². The number of benzene rings is 1. The SMILES string of the molecule is C=CS(=O)(=O)CCC(=O)Nc1ccc2sccc2c1. The Bertz CT molecular complexity index is 716. The molecule has 1 aromatic heterocycles. The van der Waals surface area contributed by atoms with E-state index >= 15 is 0 Å². The molecule has 1 N–H and O–H groups in total. The summed E-state index contributed by atoms with van der Waals surface area (Å²) in [7, 11) is -3.33. The maximum atomic E-state index is 11.6. The van der Waals surface area contributed by atoms with Gasteiger partial charge in [0.15, 0.2) is 9.84 Å². The number of carbonyl (C=O) groups is 1. The summed E-state index contributed by atoms with van der Waals surface area (Å²) in [5, 5.41) is 6.60. The van der Waals surface area contributed by atoms with E-state index in [1.807, 2.05) is 23.6 Å². The zero-order valence-electron chi connectivity index (χ0n) is 10.1. The normalized spacial score (nSPS) is 11.4. The minimum atomic E-state index is -3.33. The number of fused-ring (bicyclic) bond motifs is 1. The molecular formula is C13H13NO3S2. The van der Waals surface area contributed by atoms with Crippen molar-refractivity contribution < 1.29 is 13.2 Å². The average molecular weight is 295 g/mol. The molecule has 0 atom stereocenters. The Balaban J connectivity index is 2.00. The van der Waals surface area contributed by atoms with Crippen LogP contribution in [0.25, 0.3) is 10.1 Å². The average Bonchev–Trinajstić information content (AvgIpc) is 2.84. The maximum Gasteiger partial charge on any atom is 0.225 e. The lowest BCUT2D eigenvalue weighted by atomic mass is 10.2. The molecule has 2 rings (SSSR count). The molecule has 100 valence electrons. The summed E-state index contributed by atoms with van der Waals surface area (Å²) in [4.78, 5) is 11.6. The Morgan fingerprint density at radius 2 is 2.16 bits per heavy atom. The molecule has 0 saturated carbocycles. The van der Waals surface area contributed by atoms with Gasteiger partial charge in [0, 0.05) is 22.2 Å². The van der Waals surface area contributed by atoms with Crippen molar-refractivity contribution in [1.29, 1.82) is 0 Å². The van der Waals surface area contributed by atoms with Gasteiger partial charge in [0.05, 0.1) is 5.75 Å². The van der Waals surface area contributed by atoms with Crippen LogP contribution >= 0.6 is 11.3 Å². The first-order chi connectivity index (χ1) is 9.00. The smallest absolute Gasteiger partial charge is 0.225 e. The number of anilines is 1. The summed E-state index contributed by atoms with van der Waals surface area (Å²) in [6.45, 7) is 3.20. The van der Waals surface area contributed by atoms with Gasteiger partial charge in [-0.15, -0.1) is 11.3 Å². The second kappa shape index (κ2) is 5.54. The molecule has 0 aliphatic heterocycles. The number of sulfone groups is 1. The van der Waals surface area contributed by atoms with Gasteiger partial charge in [0.1, 0.15) is 0 Å². The maximum absolute atomic E-state index is 11.6. The third-order valence-corrected chi connectivity index (χ3v) is 4.78. The molecule has 6 heteroatoms. The number of thiophene rings is 1. The van der Waals surface area contributed by atoms with Gasteiger partial charge in [-0.3, -0.25) is 4.79 Å². The highest BCUT2D eigenvalue weighted by atomic mass is 32.2. The molecular weight excluding hydrogens is 282 g/mol. The predicted molar refractivity (Wildman–Crippen MR) is 79.1 cm³/mol. The molecule has 4 nitrogen and oxygen atoms in total. The number of hydrogen-bond donors (Lipinski definition) is 1. The molecule has 1 aromatic carbocycles. The lowest BCUT2D eigenvalue weighted by molar-refractivity contribution is -0.115. The largest absolute Gasteiger partial charge is 0.326 e. The van der Waals surface area contributed by atoms with Crippen LogP contribution in [-0.2, 0) is 14.6 Å². The Morgan fingerprint density at radius 3 is 2.89 bits per heavy atom. The van der Waals surface area contributed by atoms with E-state index in [2.05, 4.69) is 11.9 Å². The first-order valence-corrected chi connectivity index (χ1v) is 8.22. The molecule has 2 aromatic rings. The Kier molecular flexibility index (Phi) is 4.01. The van der Waals surface area contributed by atoms with Crippen molar-refractivity contribution in [2.75, 3.05) is 11.1 Å². The molecule has 0 spiro atoms. The topological polar surface area (TPSA) is 63.2 Å². The molecule has 0 fully saturated rings. The van der Waals surface area contributed by atoms with Crippen molar-refractivity contribution in [3.63, 3.8) is 0 Å². The molecule has 1 amide bonds. The third-order valence-electron chi connectivity index (χ3n) is 2.60. The molecule has 19 heavy (non-hydrogen) atoms. The van der Waals surface area contributed by atoms with E-state index in [0.717, 1.165) is 15.5 Å². The van der Waals surface area contributed by atoms with Gasteiger partial charge in [0.2, 0.25) is 5.91 Å². The van der Waals surface area contributed by atoms with E-state index in [1.165, 1.54) is 0 Å². The quantitative estimate of drug-likeness (QED) is 0.922. The van der Waals surface area contributed by atoms with E-state index < -0.39 is 9.84 Å². The fourth-order valence-electron chi connectivity index (χ4n) is 1.59. The molecule has 0 saturated heterocycles. The Morgan fingerprint density at radius 1 is 1.37 bits per heavy atom. The molecule has 0 bridgehead atoms. The minimum absolute atomic E-state index is 0.0734. The van der Waals surface area contributed by atoms with Crippen LogP contribution in [0, 0.1) is 0 Å². The van der Waals surface area contributed by atoms with E-state index in [-0.39, 0.29) is 18.1 Å². The van der Waals surface area contributed by atoms with Crippen LogP contribution in [0.15, 0.2) is 41.6 Å². The first-order valence-electron chi connectivity index (χ1n) is 5.62. The summed E-state index contributed by atoms with van der Waals surface area (Å²) in [5.74, 6) is -0.539. The fraction of sp³-hybridized carbons (Fsp3) is 0.154. The second-order valence-corrected chi connectivity index (χ2v) is 7.02. The molecule has 0 aliphatic rings. The highest BCUT2D eigenvalue weighted by molar-refractivity contribution is 7.94. The van der Waals surface area contributed by atoms with Gasteiger partial charge >= 0.3 is 0 Å². The highest BCUT2D eigenvalue weighted by Gasteiger charge is 2.10. The summed E-state index contributed by atoms with van der Waals surface area (Å²) >= 11 is 1.63. The molecule has 1 heterocycles. The zero-order chi connectivity index (χ0) is 13.9. The van der Waals surface area contributed by atoms with E-state index in [4.69, 9.17) is 0 Å². The molecule has 0 aliphatic carbocycles. The highest BCUT2D eigenvalue weighted by Crippen LogP contribution is 2.24. The Hall–Kier alpha value is -1.66. The minimum Gasteiger partial charge on any atom is -0.326 e. The standard InChI is InChI=1S/C13H13NO3S2/c1-2-19(16,17)8-6-13(15)14-11-3-4-12-10(9-11)5-7-18-12/h2-5,7,9H,1,6,8H2,(H,14,15). The lowest BCUT2D eigenvalue weighted by Gasteiger charge is -2.05. The molecule has 0 unspecified atom stereocenters. The van der Waals surface area contributed by atoms with Gasteiger partial charge in [-0.2, -0.15) is 0 Å². The molecule has 0 radical (unpaired) electrons. The number of amides is 1. The van der Waals surface area contributed by atoms with Crippen molar-refractivity contribution in [1.82, 2.24) is 0 Å². The van der Waals surface area contributed by atoms with Crippen molar-refractivity contribution in [3.8, 4) is 0 Å². The summed E-state index contributed by atoms with van der Waals surface area (Å²) in [6.07, 6.45) is -0.0734. The van der Waals surface area contributed by atoms with Crippen LogP contribution in [0.3, 0.4) is 0 Å². The second-order valence-electron chi connectivity index (χ2n) is 4.01. The van der Waals surface area contributed by atoms with Crippen LogP contribution in [0.1, 0.15) is 6.42 Å². The number of hydrogen-bond acceptors (Lipinski definition) is 4. The number of nitrogens with one attached hydrogen (secondary N) is 1. The fourth-order valence-corrected chi connectivity index (χ4v) is 2.99. The Labute approximate surface area is 115 Å². The van der Waals surface area contributed by atoms with Crippen LogP contribution in [0.5, 0.6) is 0 Å². The van der Waals surface area contributed by atoms with E-state index in [9.17, 15) is 13.2 Å². The van der Waals surface area contributed by atoms with Crippen LogP contribution in [0.2, 0.25) is 0 Å². The summed E-state index contributed by atoms with van der Waals surface area (Å²) < 4.78 is 23.5. The monoisotopic (exact) mass is 295 g/mol. The van der Waals surface area contributed by atoms with Gasteiger partial charge in [0.25, 0.3) is 0 Å². The summed E-state index contributed by atoms with van der Waals surface area (Å²) in [5.41, 5.74) is 0.673. The lowest BCUT2D eigenvalue weighted by Crippen LogP contribution is -2.16. The van der Waals surface area contributed by atoms with Crippen LogP contribution < -0.4 is 5.32 Å². The first kappa shape index (κ1) is 13.8. The van der Waals surface area contributed by atoms with Gasteiger partial charge in [-0.25, -0.2) is 8.42 Å². The van der Waals surface area contributed by atoms with Crippen LogP contribution in [-0.4, -0.2) is 20.1 Å². The number of carbonyl (C=O) groups excluding carboxylic acids is 1.